The van der Waals surface area contributed by atoms with Gasteiger partial charge >= 0.3 is 0 Å². The second-order valence-corrected chi connectivity index (χ2v) is 5.23. The molecule has 0 aromatic carbocycles. The molecule has 0 aromatic rings. The summed E-state index contributed by atoms with van der Waals surface area (Å²) >= 11 is 0. The summed E-state index contributed by atoms with van der Waals surface area (Å²) in [6, 6.07) is 0. The predicted octanol–water partition coefficient (Wildman–Crippen LogP) is 4.81. The molecule has 0 nitrogen and oxygen atoms in total. The van der Waals surface area contributed by atoms with Crippen LogP contribution < -0.4 is 0 Å². The van der Waals surface area contributed by atoms with Crippen LogP contribution in [-0.4, -0.2) is 0 Å². The van der Waals surface area contributed by atoms with Crippen LogP contribution in [0.3, 0.4) is 0 Å². The van der Waals surface area contributed by atoms with Gasteiger partial charge in [-0.2, -0.15) is 0 Å². The standard InChI is InChI=1S/C14H26/c1-5-11(2)9-10-14-12(3)7-6-8-13(14)4/h11,13-14H,3,5-10H2,1-2,4H3/t11?,13-,14?/m1/s1. The lowest BCUT2D eigenvalue weighted by molar-refractivity contribution is 0.291. The van der Waals surface area contributed by atoms with Crippen molar-refractivity contribution in [2.24, 2.45) is 17.8 Å². The molecule has 0 radical (unpaired) electrons. The van der Waals surface area contributed by atoms with Gasteiger partial charge in [-0.05, 0) is 43.4 Å². The van der Waals surface area contributed by atoms with Gasteiger partial charge in [-0.3, -0.25) is 0 Å². The molecule has 2 unspecified atom stereocenters. The van der Waals surface area contributed by atoms with E-state index in [0.29, 0.717) is 0 Å². The summed E-state index contributed by atoms with van der Waals surface area (Å²) in [5.41, 5.74) is 1.53. The van der Waals surface area contributed by atoms with Gasteiger partial charge in [0.15, 0.2) is 0 Å². The Hall–Kier alpha value is -0.260. The molecular weight excluding hydrogens is 168 g/mol. The topological polar surface area (TPSA) is 0 Å². The lowest BCUT2D eigenvalue weighted by Gasteiger charge is -2.31. The van der Waals surface area contributed by atoms with Crippen molar-refractivity contribution in [3.8, 4) is 0 Å². The molecule has 0 amide bonds. The molecule has 82 valence electrons. The first kappa shape index (κ1) is 11.8. The Morgan fingerprint density at radius 3 is 2.79 bits per heavy atom. The quantitative estimate of drug-likeness (QED) is 0.564. The third kappa shape index (κ3) is 3.15. The second-order valence-electron chi connectivity index (χ2n) is 5.23. The largest absolute Gasteiger partial charge is 0.0996 e. The second kappa shape index (κ2) is 5.58. The van der Waals surface area contributed by atoms with E-state index in [9.17, 15) is 0 Å². The first-order valence-corrected chi connectivity index (χ1v) is 6.32. The Balaban J connectivity index is 2.36. The van der Waals surface area contributed by atoms with Gasteiger partial charge in [-0.1, -0.05) is 45.8 Å². The van der Waals surface area contributed by atoms with Crippen molar-refractivity contribution in [3.05, 3.63) is 12.2 Å². The molecule has 1 saturated carbocycles. The maximum absolute atomic E-state index is 4.25. The molecule has 0 saturated heterocycles. The van der Waals surface area contributed by atoms with E-state index in [1.807, 2.05) is 0 Å². The van der Waals surface area contributed by atoms with E-state index in [0.717, 1.165) is 17.8 Å². The molecule has 0 spiro atoms. The van der Waals surface area contributed by atoms with Crippen LogP contribution in [0.5, 0.6) is 0 Å². The highest BCUT2D eigenvalue weighted by atomic mass is 14.3. The van der Waals surface area contributed by atoms with E-state index >= 15 is 0 Å². The minimum atomic E-state index is 0.831. The number of rotatable bonds is 4. The molecule has 0 bridgehead atoms. The van der Waals surface area contributed by atoms with E-state index in [2.05, 4.69) is 27.4 Å². The summed E-state index contributed by atoms with van der Waals surface area (Å²) in [5, 5.41) is 0. The normalized spacial score (nSPS) is 30.4. The molecule has 0 heteroatoms. The van der Waals surface area contributed by atoms with Crippen LogP contribution in [0.15, 0.2) is 12.2 Å². The SMILES string of the molecule is C=C1CCC[C@@H](C)C1CCC(C)CC. The van der Waals surface area contributed by atoms with Gasteiger partial charge in [0.05, 0.1) is 0 Å². The van der Waals surface area contributed by atoms with Gasteiger partial charge in [0.25, 0.3) is 0 Å². The number of hydrogen-bond acceptors (Lipinski definition) is 0. The van der Waals surface area contributed by atoms with Gasteiger partial charge in [0.1, 0.15) is 0 Å². The Kier molecular flexibility index (Phi) is 4.71. The van der Waals surface area contributed by atoms with Crippen LogP contribution in [-0.2, 0) is 0 Å². The van der Waals surface area contributed by atoms with Crippen molar-refractivity contribution in [2.75, 3.05) is 0 Å². The first-order valence-electron chi connectivity index (χ1n) is 6.32. The minimum Gasteiger partial charge on any atom is -0.0996 e. The lowest BCUT2D eigenvalue weighted by Crippen LogP contribution is -2.19. The fraction of sp³-hybridized carbons (Fsp3) is 0.857. The van der Waals surface area contributed by atoms with Gasteiger partial charge in [0, 0.05) is 0 Å². The Labute approximate surface area is 89.8 Å². The van der Waals surface area contributed by atoms with Crippen molar-refractivity contribution in [3.63, 3.8) is 0 Å². The Morgan fingerprint density at radius 1 is 1.50 bits per heavy atom. The van der Waals surface area contributed by atoms with Gasteiger partial charge < -0.3 is 0 Å². The van der Waals surface area contributed by atoms with E-state index in [-0.39, 0.29) is 0 Å². The Bertz CT molecular complexity index is 180. The zero-order chi connectivity index (χ0) is 10.6. The zero-order valence-electron chi connectivity index (χ0n) is 10.2. The molecule has 14 heavy (non-hydrogen) atoms. The maximum atomic E-state index is 4.25. The average molecular weight is 194 g/mol. The highest BCUT2D eigenvalue weighted by Gasteiger charge is 2.24. The van der Waals surface area contributed by atoms with Crippen molar-refractivity contribution in [1.29, 1.82) is 0 Å². The smallest absolute Gasteiger partial charge is 0.0180 e. The van der Waals surface area contributed by atoms with Crippen LogP contribution in [0.25, 0.3) is 0 Å². The molecule has 1 aliphatic rings. The maximum Gasteiger partial charge on any atom is -0.0180 e. The first-order chi connectivity index (χ1) is 6.65. The molecular formula is C14H26. The number of hydrogen-bond donors (Lipinski definition) is 0. The van der Waals surface area contributed by atoms with E-state index < -0.39 is 0 Å². The van der Waals surface area contributed by atoms with Crippen LogP contribution in [0.1, 0.15) is 59.3 Å². The van der Waals surface area contributed by atoms with Crippen molar-refractivity contribution < 1.29 is 0 Å². The third-order valence-corrected chi connectivity index (χ3v) is 4.04. The zero-order valence-corrected chi connectivity index (χ0v) is 10.2. The summed E-state index contributed by atoms with van der Waals surface area (Å²) in [6.45, 7) is 11.3. The monoisotopic (exact) mass is 194 g/mol. The van der Waals surface area contributed by atoms with Gasteiger partial charge in [-0.25, -0.2) is 0 Å². The van der Waals surface area contributed by atoms with Crippen LogP contribution in [0.4, 0.5) is 0 Å². The summed E-state index contributed by atoms with van der Waals surface area (Å²) in [5.74, 6) is 2.62. The fourth-order valence-electron chi connectivity index (χ4n) is 2.60. The average Bonchev–Trinajstić information content (AvgIpc) is 2.16. The summed E-state index contributed by atoms with van der Waals surface area (Å²) in [4.78, 5) is 0. The highest BCUT2D eigenvalue weighted by Crippen LogP contribution is 2.36. The molecule has 0 heterocycles. The van der Waals surface area contributed by atoms with E-state index in [1.54, 1.807) is 0 Å². The van der Waals surface area contributed by atoms with Gasteiger partial charge in [0.2, 0.25) is 0 Å². The summed E-state index contributed by atoms with van der Waals surface area (Å²) in [6.07, 6.45) is 8.19. The van der Waals surface area contributed by atoms with Crippen molar-refractivity contribution in [1.82, 2.24) is 0 Å². The summed E-state index contributed by atoms with van der Waals surface area (Å²) < 4.78 is 0. The van der Waals surface area contributed by atoms with E-state index in [4.69, 9.17) is 0 Å². The minimum absolute atomic E-state index is 0.831. The predicted molar refractivity (Wildman–Crippen MR) is 64.3 cm³/mol. The van der Waals surface area contributed by atoms with Crippen molar-refractivity contribution >= 4 is 0 Å². The molecule has 1 aliphatic carbocycles. The molecule has 0 aromatic heterocycles. The Morgan fingerprint density at radius 2 is 2.21 bits per heavy atom. The van der Waals surface area contributed by atoms with E-state index in [1.165, 1.54) is 44.1 Å². The summed E-state index contributed by atoms with van der Waals surface area (Å²) in [7, 11) is 0. The molecule has 0 N–H and O–H groups in total. The van der Waals surface area contributed by atoms with Crippen molar-refractivity contribution in [2.45, 2.75) is 59.3 Å². The van der Waals surface area contributed by atoms with Crippen LogP contribution in [0.2, 0.25) is 0 Å². The number of allylic oxidation sites excluding steroid dienone is 1. The van der Waals surface area contributed by atoms with Crippen LogP contribution >= 0.6 is 0 Å². The molecule has 0 aliphatic heterocycles. The fourth-order valence-corrected chi connectivity index (χ4v) is 2.60. The highest BCUT2D eigenvalue weighted by molar-refractivity contribution is 5.05. The third-order valence-electron chi connectivity index (χ3n) is 4.04. The van der Waals surface area contributed by atoms with Crippen LogP contribution in [0, 0.1) is 17.8 Å². The van der Waals surface area contributed by atoms with Gasteiger partial charge in [-0.15, -0.1) is 0 Å². The molecule has 1 rings (SSSR count). The lowest BCUT2D eigenvalue weighted by atomic mass is 9.74. The molecule has 3 atom stereocenters. The molecule has 1 fully saturated rings.